The van der Waals surface area contributed by atoms with E-state index in [0.29, 0.717) is 6.54 Å². The van der Waals surface area contributed by atoms with Crippen molar-refractivity contribution in [2.24, 2.45) is 11.7 Å². The fourth-order valence-corrected chi connectivity index (χ4v) is 1.83. The highest BCUT2D eigenvalue weighted by atomic mass is 16.1. The Bertz CT molecular complexity index is 388. The lowest BCUT2D eigenvalue weighted by atomic mass is 10.0. The van der Waals surface area contributed by atoms with E-state index in [1.165, 1.54) is 5.56 Å². The van der Waals surface area contributed by atoms with Crippen LogP contribution in [0, 0.1) is 19.8 Å². The van der Waals surface area contributed by atoms with E-state index in [-0.39, 0.29) is 11.8 Å². The molecule has 1 amide bonds. The molecule has 1 aromatic carbocycles. The van der Waals surface area contributed by atoms with Crippen molar-refractivity contribution in [2.75, 3.05) is 11.9 Å². The number of rotatable bonds is 5. The first-order chi connectivity index (χ1) is 8.10. The van der Waals surface area contributed by atoms with Gasteiger partial charge in [-0.05, 0) is 37.5 Å². The number of carbonyl (C=O) groups excluding carboxylic acids is 1. The number of hydrogen-bond donors (Lipinski definition) is 2. The normalized spacial score (nSPS) is 12.2. The maximum absolute atomic E-state index is 12.0. The number of carbonyl (C=O) groups is 1. The first kappa shape index (κ1) is 13.7. The number of nitrogens with two attached hydrogens (primary N) is 1. The van der Waals surface area contributed by atoms with Crippen LogP contribution in [0.25, 0.3) is 0 Å². The van der Waals surface area contributed by atoms with Crippen molar-refractivity contribution in [3.63, 3.8) is 0 Å². The fourth-order valence-electron chi connectivity index (χ4n) is 1.83. The zero-order chi connectivity index (χ0) is 12.8. The Morgan fingerprint density at radius 3 is 2.71 bits per heavy atom. The predicted octanol–water partition coefficient (Wildman–Crippen LogP) is 2.62. The summed E-state index contributed by atoms with van der Waals surface area (Å²) in [6.45, 7) is 6.53. The highest BCUT2D eigenvalue weighted by Crippen LogP contribution is 2.19. The lowest BCUT2D eigenvalue weighted by Gasteiger charge is -2.16. The Kier molecular flexibility index (Phi) is 5.16. The van der Waals surface area contributed by atoms with E-state index in [1.807, 2.05) is 32.0 Å². The molecule has 1 aromatic rings. The molecule has 0 radical (unpaired) electrons. The molecule has 0 saturated carbocycles. The minimum Gasteiger partial charge on any atom is -0.330 e. The maximum Gasteiger partial charge on any atom is 0.228 e. The summed E-state index contributed by atoms with van der Waals surface area (Å²) in [6.07, 6.45) is 1.81. The molecule has 0 spiro atoms. The molecule has 3 N–H and O–H groups in total. The van der Waals surface area contributed by atoms with Gasteiger partial charge in [0, 0.05) is 12.2 Å². The van der Waals surface area contributed by atoms with Crippen molar-refractivity contribution in [1.29, 1.82) is 0 Å². The van der Waals surface area contributed by atoms with Crippen molar-refractivity contribution in [3.05, 3.63) is 29.3 Å². The van der Waals surface area contributed by atoms with Crippen LogP contribution in [-0.2, 0) is 4.79 Å². The molecule has 1 unspecified atom stereocenters. The van der Waals surface area contributed by atoms with E-state index in [0.717, 1.165) is 24.1 Å². The molecule has 0 saturated heterocycles. The summed E-state index contributed by atoms with van der Waals surface area (Å²) in [5, 5.41) is 2.97. The standard InChI is InChI=1S/C14H22N2O/c1-4-6-12(9-15)14(17)16-13-8-5-7-10(2)11(13)3/h5,7-8,12H,4,6,9,15H2,1-3H3,(H,16,17). The van der Waals surface area contributed by atoms with Crippen LogP contribution in [0.2, 0.25) is 0 Å². The number of aryl methyl sites for hydroxylation is 1. The first-order valence-electron chi connectivity index (χ1n) is 6.17. The molecular weight excluding hydrogens is 212 g/mol. The van der Waals surface area contributed by atoms with Crippen LogP contribution in [0.4, 0.5) is 5.69 Å². The summed E-state index contributed by atoms with van der Waals surface area (Å²) in [6, 6.07) is 5.92. The van der Waals surface area contributed by atoms with Gasteiger partial charge in [0.2, 0.25) is 5.91 Å². The summed E-state index contributed by atoms with van der Waals surface area (Å²) < 4.78 is 0. The van der Waals surface area contributed by atoms with Crippen LogP contribution in [0.15, 0.2) is 18.2 Å². The third-order valence-electron chi connectivity index (χ3n) is 3.15. The quantitative estimate of drug-likeness (QED) is 0.822. The Balaban J connectivity index is 2.76. The van der Waals surface area contributed by atoms with Crippen molar-refractivity contribution >= 4 is 11.6 Å². The Morgan fingerprint density at radius 2 is 2.12 bits per heavy atom. The Hall–Kier alpha value is -1.35. The second-order valence-electron chi connectivity index (χ2n) is 4.46. The summed E-state index contributed by atoms with van der Waals surface area (Å²) >= 11 is 0. The van der Waals surface area contributed by atoms with Crippen LogP contribution in [0.5, 0.6) is 0 Å². The van der Waals surface area contributed by atoms with Gasteiger partial charge in [-0.15, -0.1) is 0 Å². The van der Waals surface area contributed by atoms with Gasteiger partial charge in [-0.25, -0.2) is 0 Å². The SMILES string of the molecule is CCCC(CN)C(=O)Nc1cccc(C)c1C. The van der Waals surface area contributed by atoms with Crippen molar-refractivity contribution in [2.45, 2.75) is 33.6 Å². The van der Waals surface area contributed by atoms with Crippen molar-refractivity contribution in [1.82, 2.24) is 0 Å². The van der Waals surface area contributed by atoms with Gasteiger partial charge < -0.3 is 11.1 Å². The zero-order valence-corrected chi connectivity index (χ0v) is 10.9. The third kappa shape index (κ3) is 3.56. The molecular formula is C14H22N2O. The van der Waals surface area contributed by atoms with Gasteiger partial charge in [-0.3, -0.25) is 4.79 Å². The van der Waals surface area contributed by atoms with Gasteiger partial charge in [0.05, 0.1) is 5.92 Å². The molecule has 3 nitrogen and oxygen atoms in total. The molecule has 0 heterocycles. The van der Waals surface area contributed by atoms with Crippen LogP contribution >= 0.6 is 0 Å². The van der Waals surface area contributed by atoms with E-state index in [4.69, 9.17) is 5.73 Å². The summed E-state index contributed by atoms with van der Waals surface area (Å²) in [7, 11) is 0. The van der Waals surface area contributed by atoms with Crippen LogP contribution in [-0.4, -0.2) is 12.5 Å². The third-order valence-corrected chi connectivity index (χ3v) is 3.15. The topological polar surface area (TPSA) is 55.1 Å². The summed E-state index contributed by atoms with van der Waals surface area (Å²) in [5.41, 5.74) is 8.82. The molecule has 1 atom stereocenters. The molecule has 0 aliphatic carbocycles. The number of nitrogens with one attached hydrogen (secondary N) is 1. The van der Waals surface area contributed by atoms with Gasteiger partial charge in [0.15, 0.2) is 0 Å². The van der Waals surface area contributed by atoms with Gasteiger partial charge in [0.1, 0.15) is 0 Å². The van der Waals surface area contributed by atoms with E-state index in [1.54, 1.807) is 0 Å². The second-order valence-corrected chi connectivity index (χ2v) is 4.46. The molecule has 0 fully saturated rings. The monoisotopic (exact) mass is 234 g/mol. The molecule has 0 aliphatic rings. The number of amides is 1. The molecule has 17 heavy (non-hydrogen) atoms. The van der Waals surface area contributed by atoms with Crippen molar-refractivity contribution in [3.8, 4) is 0 Å². The van der Waals surface area contributed by atoms with Gasteiger partial charge in [-0.1, -0.05) is 25.5 Å². The van der Waals surface area contributed by atoms with E-state index < -0.39 is 0 Å². The largest absolute Gasteiger partial charge is 0.330 e. The summed E-state index contributed by atoms with van der Waals surface area (Å²) in [5.74, 6) is -0.0528. The van der Waals surface area contributed by atoms with Crippen LogP contribution < -0.4 is 11.1 Å². The zero-order valence-electron chi connectivity index (χ0n) is 10.9. The van der Waals surface area contributed by atoms with Crippen molar-refractivity contribution < 1.29 is 4.79 Å². The smallest absolute Gasteiger partial charge is 0.228 e. The minimum atomic E-state index is -0.0834. The molecule has 0 aliphatic heterocycles. The molecule has 0 bridgehead atoms. The average molecular weight is 234 g/mol. The lowest BCUT2D eigenvalue weighted by molar-refractivity contribution is -0.119. The van der Waals surface area contributed by atoms with E-state index >= 15 is 0 Å². The number of hydrogen-bond acceptors (Lipinski definition) is 2. The van der Waals surface area contributed by atoms with E-state index in [2.05, 4.69) is 12.2 Å². The Morgan fingerprint density at radius 1 is 1.41 bits per heavy atom. The first-order valence-corrected chi connectivity index (χ1v) is 6.17. The van der Waals surface area contributed by atoms with Gasteiger partial charge in [-0.2, -0.15) is 0 Å². The molecule has 3 heteroatoms. The maximum atomic E-state index is 12.0. The van der Waals surface area contributed by atoms with Gasteiger partial charge in [0.25, 0.3) is 0 Å². The van der Waals surface area contributed by atoms with Gasteiger partial charge >= 0.3 is 0 Å². The fraction of sp³-hybridized carbons (Fsp3) is 0.500. The van der Waals surface area contributed by atoms with E-state index in [9.17, 15) is 4.79 Å². The average Bonchev–Trinajstić information content (AvgIpc) is 2.31. The Labute approximate surface area is 103 Å². The summed E-state index contributed by atoms with van der Waals surface area (Å²) in [4.78, 5) is 12.0. The molecule has 94 valence electrons. The minimum absolute atomic E-state index is 0.0306. The highest BCUT2D eigenvalue weighted by Gasteiger charge is 2.16. The number of benzene rings is 1. The molecule has 1 rings (SSSR count). The second kappa shape index (κ2) is 6.40. The highest BCUT2D eigenvalue weighted by molar-refractivity contribution is 5.93. The number of anilines is 1. The van der Waals surface area contributed by atoms with Crippen LogP contribution in [0.1, 0.15) is 30.9 Å². The molecule has 0 aromatic heterocycles. The lowest BCUT2D eigenvalue weighted by Crippen LogP contribution is -2.29. The predicted molar refractivity (Wildman–Crippen MR) is 72.0 cm³/mol. The van der Waals surface area contributed by atoms with Crippen LogP contribution in [0.3, 0.4) is 0 Å².